The number of ether oxygens (including phenoxy) is 1. The molecule has 1 rings (SSSR count). The van der Waals surface area contributed by atoms with Gasteiger partial charge in [0.15, 0.2) is 5.84 Å². The molecule has 3 N–H and O–H groups in total. The first kappa shape index (κ1) is 12.4. The van der Waals surface area contributed by atoms with Crippen LogP contribution in [0.4, 0.5) is 5.69 Å². The summed E-state index contributed by atoms with van der Waals surface area (Å²) in [7, 11) is 1.16. The summed E-state index contributed by atoms with van der Waals surface area (Å²) in [5.74, 6) is -1.12. The fourth-order valence-electron chi connectivity index (χ4n) is 1.20. The van der Waals surface area contributed by atoms with Gasteiger partial charge in [-0.15, -0.1) is 0 Å². The van der Waals surface area contributed by atoms with Gasteiger partial charge in [0.2, 0.25) is 0 Å². The van der Waals surface area contributed by atoms with Crippen molar-refractivity contribution in [3.63, 3.8) is 0 Å². The van der Waals surface area contributed by atoms with E-state index in [0.29, 0.717) is 0 Å². The van der Waals surface area contributed by atoms with Crippen LogP contribution >= 0.6 is 0 Å². The number of amidine groups is 1. The number of hydrogen-bond donors (Lipinski definition) is 2. The summed E-state index contributed by atoms with van der Waals surface area (Å²) in [5, 5.41) is 21.9. The van der Waals surface area contributed by atoms with E-state index in [1.54, 1.807) is 0 Å². The Kier molecular flexibility index (Phi) is 3.60. The van der Waals surface area contributed by atoms with Crippen LogP contribution < -0.4 is 5.73 Å². The van der Waals surface area contributed by atoms with E-state index in [9.17, 15) is 14.9 Å². The number of nitro groups is 1. The summed E-state index contributed by atoms with van der Waals surface area (Å²) >= 11 is 0. The Morgan fingerprint density at radius 2 is 2.24 bits per heavy atom. The molecule has 1 aromatic carbocycles. The van der Waals surface area contributed by atoms with Crippen molar-refractivity contribution in [1.82, 2.24) is 0 Å². The number of nitrogens with zero attached hydrogens (tertiary/aromatic N) is 2. The molecule has 17 heavy (non-hydrogen) atoms. The summed E-state index contributed by atoms with van der Waals surface area (Å²) in [5.41, 5.74) is 4.76. The second kappa shape index (κ2) is 4.92. The summed E-state index contributed by atoms with van der Waals surface area (Å²) in [6.07, 6.45) is 0. The lowest BCUT2D eigenvalue weighted by atomic mass is 10.1. The van der Waals surface area contributed by atoms with E-state index in [1.165, 1.54) is 12.1 Å². The molecular weight excluding hydrogens is 230 g/mol. The number of nitrogens with two attached hydrogens (primary N) is 1. The Bertz CT molecular complexity index is 497. The molecular formula is C9H9N3O5. The van der Waals surface area contributed by atoms with Gasteiger partial charge in [0, 0.05) is 6.07 Å². The second-order valence-corrected chi connectivity index (χ2v) is 2.97. The number of carbonyl (C=O) groups is 1. The third-order valence-electron chi connectivity index (χ3n) is 2.00. The molecule has 0 saturated carbocycles. The zero-order valence-electron chi connectivity index (χ0n) is 8.78. The molecule has 0 spiro atoms. The highest BCUT2D eigenvalue weighted by Gasteiger charge is 2.20. The van der Waals surface area contributed by atoms with Crippen molar-refractivity contribution in [3.05, 3.63) is 39.4 Å². The summed E-state index contributed by atoms with van der Waals surface area (Å²) < 4.78 is 4.43. The van der Waals surface area contributed by atoms with Crippen LogP contribution in [0.25, 0.3) is 0 Å². The normalized spacial score (nSPS) is 11.0. The van der Waals surface area contributed by atoms with Gasteiger partial charge >= 0.3 is 5.97 Å². The average Bonchev–Trinajstić information content (AvgIpc) is 2.35. The molecule has 8 heteroatoms. The molecule has 8 nitrogen and oxygen atoms in total. The quantitative estimate of drug-likeness (QED) is 0.197. The Hall–Kier alpha value is -2.64. The van der Waals surface area contributed by atoms with Crippen LogP contribution in [0.15, 0.2) is 23.4 Å². The third kappa shape index (κ3) is 2.48. The number of carbonyl (C=O) groups excluding carboxylic acids is 1. The Balaban J connectivity index is 3.37. The molecule has 90 valence electrons. The molecule has 1 aromatic rings. The number of methoxy groups -OCH3 is 1. The van der Waals surface area contributed by atoms with Gasteiger partial charge in [-0.05, 0) is 12.1 Å². The fourth-order valence-corrected chi connectivity index (χ4v) is 1.20. The number of hydrogen-bond acceptors (Lipinski definition) is 6. The summed E-state index contributed by atoms with van der Waals surface area (Å²) in [6, 6.07) is 3.49. The maximum absolute atomic E-state index is 11.2. The minimum Gasteiger partial charge on any atom is -0.465 e. The van der Waals surface area contributed by atoms with E-state index < -0.39 is 22.4 Å². The zero-order chi connectivity index (χ0) is 13.0. The SMILES string of the molecule is COC(=O)c1ccc(/C(N)=N/O)c([N+](=O)[O-])c1. The van der Waals surface area contributed by atoms with Crippen LogP contribution in [0.2, 0.25) is 0 Å². The number of nitro benzene ring substituents is 1. The molecule has 0 fully saturated rings. The average molecular weight is 239 g/mol. The summed E-state index contributed by atoms with van der Waals surface area (Å²) in [4.78, 5) is 21.2. The van der Waals surface area contributed by atoms with Gasteiger partial charge in [-0.2, -0.15) is 0 Å². The van der Waals surface area contributed by atoms with Gasteiger partial charge in [0.1, 0.15) is 0 Å². The number of esters is 1. The molecule has 0 radical (unpaired) electrons. The monoisotopic (exact) mass is 239 g/mol. The second-order valence-electron chi connectivity index (χ2n) is 2.97. The molecule has 0 heterocycles. The first-order valence-electron chi connectivity index (χ1n) is 4.36. The Morgan fingerprint density at radius 1 is 1.59 bits per heavy atom. The predicted molar refractivity (Wildman–Crippen MR) is 56.9 cm³/mol. The van der Waals surface area contributed by atoms with Crippen LogP contribution in [-0.2, 0) is 4.74 Å². The highest BCUT2D eigenvalue weighted by atomic mass is 16.6. The molecule has 0 aromatic heterocycles. The van der Waals surface area contributed by atoms with Crippen molar-refractivity contribution in [2.75, 3.05) is 7.11 Å². The molecule has 0 aliphatic carbocycles. The number of oxime groups is 1. The van der Waals surface area contributed by atoms with Crippen molar-refractivity contribution in [2.45, 2.75) is 0 Å². The van der Waals surface area contributed by atoms with Crippen LogP contribution in [0.3, 0.4) is 0 Å². The molecule has 0 aliphatic heterocycles. The van der Waals surface area contributed by atoms with Crippen LogP contribution in [0.5, 0.6) is 0 Å². The van der Waals surface area contributed by atoms with Gasteiger partial charge in [0.05, 0.1) is 23.2 Å². The highest BCUT2D eigenvalue weighted by molar-refractivity contribution is 6.02. The molecule has 0 aliphatic rings. The lowest BCUT2D eigenvalue weighted by molar-refractivity contribution is -0.385. The van der Waals surface area contributed by atoms with Crippen molar-refractivity contribution < 1.29 is 19.7 Å². The van der Waals surface area contributed by atoms with Gasteiger partial charge < -0.3 is 15.7 Å². The van der Waals surface area contributed by atoms with Crippen molar-refractivity contribution in [3.8, 4) is 0 Å². The van der Waals surface area contributed by atoms with E-state index >= 15 is 0 Å². The molecule has 0 saturated heterocycles. The number of rotatable bonds is 3. The molecule has 0 atom stereocenters. The van der Waals surface area contributed by atoms with Crippen LogP contribution in [0.1, 0.15) is 15.9 Å². The van der Waals surface area contributed by atoms with Crippen molar-refractivity contribution in [1.29, 1.82) is 0 Å². The maximum atomic E-state index is 11.2. The fraction of sp³-hybridized carbons (Fsp3) is 0.111. The van der Waals surface area contributed by atoms with E-state index in [2.05, 4.69) is 9.89 Å². The smallest absolute Gasteiger partial charge is 0.338 e. The van der Waals surface area contributed by atoms with E-state index in [-0.39, 0.29) is 11.1 Å². The van der Waals surface area contributed by atoms with Crippen molar-refractivity contribution in [2.24, 2.45) is 10.9 Å². The standard InChI is InChI=1S/C9H9N3O5/c1-17-9(13)5-2-3-6(8(10)11-14)7(4-5)12(15)16/h2-4,14H,1H3,(H2,10,11). The lowest BCUT2D eigenvalue weighted by Crippen LogP contribution is -2.16. The van der Waals surface area contributed by atoms with Gasteiger partial charge in [-0.1, -0.05) is 5.16 Å². The lowest BCUT2D eigenvalue weighted by Gasteiger charge is -2.03. The van der Waals surface area contributed by atoms with Crippen molar-refractivity contribution >= 4 is 17.5 Å². The molecule has 0 amide bonds. The third-order valence-corrected chi connectivity index (χ3v) is 2.00. The topological polar surface area (TPSA) is 128 Å². The zero-order valence-corrected chi connectivity index (χ0v) is 8.78. The van der Waals surface area contributed by atoms with Crippen LogP contribution in [0, 0.1) is 10.1 Å². The molecule has 0 bridgehead atoms. The first-order valence-corrected chi connectivity index (χ1v) is 4.36. The Morgan fingerprint density at radius 3 is 2.71 bits per heavy atom. The first-order chi connectivity index (χ1) is 8.01. The predicted octanol–water partition coefficient (Wildman–Crippen LogP) is 0.476. The van der Waals surface area contributed by atoms with E-state index in [1.807, 2.05) is 0 Å². The molecule has 0 unspecified atom stereocenters. The highest BCUT2D eigenvalue weighted by Crippen LogP contribution is 2.20. The van der Waals surface area contributed by atoms with Crippen LogP contribution in [-0.4, -0.2) is 29.0 Å². The minimum atomic E-state index is -0.736. The minimum absolute atomic E-state index is 0.00805. The maximum Gasteiger partial charge on any atom is 0.338 e. The van der Waals surface area contributed by atoms with Gasteiger partial charge in [-0.25, -0.2) is 4.79 Å². The number of benzene rings is 1. The Labute approximate surface area is 95.4 Å². The summed E-state index contributed by atoms with van der Waals surface area (Å²) in [6.45, 7) is 0. The van der Waals surface area contributed by atoms with E-state index in [4.69, 9.17) is 10.9 Å². The largest absolute Gasteiger partial charge is 0.465 e. The van der Waals surface area contributed by atoms with Gasteiger partial charge in [0.25, 0.3) is 5.69 Å². The van der Waals surface area contributed by atoms with Gasteiger partial charge in [-0.3, -0.25) is 10.1 Å². The van der Waals surface area contributed by atoms with E-state index in [0.717, 1.165) is 13.2 Å².